The first-order valence-electron chi connectivity index (χ1n) is 9.75. The molecule has 2 bridgehead atoms. The largest absolute Gasteiger partial charge is 0.349 e. The second-order valence-corrected chi connectivity index (χ2v) is 8.38. The van der Waals surface area contributed by atoms with E-state index >= 15 is 0 Å². The Morgan fingerprint density at radius 1 is 1.12 bits per heavy atom. The molecule has 0 radical (unpaired) electrons. The predicted octanol–water partition coefficient (Wildman–Crippen LogP) is 3.72. The standard InChI is InChI=1S/C21H30N2O/c1-13-5-2-3-8-18(13)20(14-9-10-14)23-21(24)17-11-15-6-4-7-16(12-17)19(15)22/h2-3,5,8,14-17,19-20H,4,6-7,9-12,22H2,1H3,(H,23,24). The van der Waals surface area contributed by atoms with Crippen LogP contribution in [0.1, 0.15) is 62.1 Å². The number of hydrogen-bond donors (Lipinski definition) is 2. The molecule has 3 atom stereocenters. The molecule has 0 spiro atoms. The number of carbonyl (C=O) groups is 1. The summed E-state index contributed by atoms with van der Waals surface area (Å²) in [4.78, 5) is 13.0. The van der Waals surface area contributed by atoms with Crippen LogP contribution < -0.4 is 11.1 Å². The van der Waals surface area contributed by atoms with Crippen LogP contribution in [0.3, 0.4) is 0 Å². The van der Waals surface area contributed by atoms with E-state index in [1.165, 1.54) is 43.2 Å². The molecule has 24 heavy (non-hydrogen) atoms. The zero-order valence-electron chi connectivity index (χ0n) is 14.7. The Morgan fingerprint density at radius 2 is 1.79 bits per heavy atom. The molecule has 4 rings (SSSR count). The smallest absolute Gasteiger partial charge is 0.223 e. The highest BCUT2D eigenvalue weighted by Gasteiger charge is 2.42. The van der Waals surface area contributed by atoms with Crippen molar-refractivity contribution in [3.63, 3.8) is 0 Å². The van der Waals surface area contributed by atoms with Crippen LogP contribution in [0.15, 0.2) is 24.3 Å². The van der Waals surface area contributed by atoms with Crippen molar-refractivity contribution in [1.29, 1.82) is 0 Å². The summed E-state index contributed by atoms with van der Waals surface area (Å²) in [6.45, 7) is 2.15. The minimum absolute atomic E-state index is 0.172. The highest BCUT2D eigenvalue weighted by Crippen LogP contribution is 2.44. The topological polar surface area (TPSA) is 55.1 Å². The summed E-state index contributed by atoms with van der Waals surface area (Å²) in [5.41, 5.74) is 8.98. The van der Waals surface area contributed by atoms with E-state index in [9.17, 15) is 4.79 Å². The van der Waals surface area contributed by atoms with Gasteiger partial charge in [0.1, 0.15) is 0 Å². The molecule has 0 saturated heterocycles. The zero-order valence-corrected chi connectivity index (χ0v) is 14.7. The summed E-state index contributed by atoms with van der Waals surface area (Å²) < 4.78 is 0. The lowest BCUT2D eigenvalue weighted by Crippen LogP contribution is -2.49. The maximum atomic E-state index is 13.0. The van der Waals surface area contributed by atoms with E-state index in [0.29, 0.717) is 23.8 Å². The lowest BCUT2D eigenvalue weighted by Gasteiger charge is -2.43. The summed E-state index contributed by atoms with van der Waals surface area (Å²) in [5.74, 6) is 2.20. The highest BCUT2D eigenvalue weighted by atomic mass is 16.1. The van der Waals surface area contributed by atoms with E-state index in [1.807, 2.05) is 0 Å². The quantitative estimate of drug-likeness (QED) is 0.886. The Hall–Kier alpha value is -1.35. The Balaban J connectivity index is 1.47. The number of nitrogens with two attached hydrogens (primary N) is 1. The number of carbonyl (C=O) groups excluding carboxylic acids is 1. The van der Waals surface area contributed by atoms with Crippen LogP contribution in [0, 0.1) is 30.6 Å². The van der Waals surface area contributed by atoms with Gasteiger partial charge in [0, 0.05) is 12.0 Å². The van der Waals surface area contributed by atoms with Crippen LogP contribution in [-0.2, 0) is 4.79 Å². The SMILES string of the molecule is Cc1ccccc1C(NC(=O)C1CC2CCCC(C1)C2N)C1CC1. The van der Waals surface area contributed by atoms with Crippen LogP contribution >= 0.6 is 0 Å². The van der Waals surface area contributed by atoms with Gasteiger partial charge in [0.05, 0.1) is 6.04 Å². The van der Waals surface area contributed by atoms with Crippen molar-refractivity contribution in [1.82, 2.24) is 5.32 Å². The Kier molecular flexibility index (Phi) is 4.38. The molecule has 3 aliphatic rings. The lowest BCUT2D eigenvalue weighted by molar-refractivity contribution is -0.128. The third-order valence-electron chi connectivity index (χ3n) is 6.70. The molecule has 3 aliphatic carbocycles. The number of aryl methyl sites for hydroxylation is 1. The summed E-state index contributed by atoms with van der Waals surface area (Å²) in [5, 5.41) is 3.43. The highest BCUT2D eigenvalue weighted by molar-refractivity contribution is 5.79. The first-order chi connectivity index (χ1) is 11.6. The minimum Gasteiger partial charge on any atom is -0.349 e. The fourth-order valence-electron chi connectivity index (χ4n) is 5.09. The summed E-state index contributed by atoms with van der Waals surface area (Å²) in [7, 11) is 0. The van der Waals surface area contributed by atoms with Crippen molar-refractivity contribution >= 4 is 5.91 Å². The van der Waals surface area contributed by atoms with Crippen molar-refractivity contribution in [2.75, 3.05) is 0 Å². The van der Waals surface area contributed by atoms with E-state index in [0.717, 1.165) is 12.8 Å². The average molecular weight is 326 g/mol. The monoisotopic (exact) mass is 326 g/mol. The molecule has 3 saturated carbocycles. The molecule has 3 nitrogen and oxygen atoms in total. The van der Waals surface area contributed by atoms with Gasteiger partial charge in [0.2, 0.25) is 5.91 Å². The molecule has 0 aromatic heterocycles. The third kappa shape index (κ3) is 3.11. The van der Waals surface area contributed by atoms with Gasteiger partial charge in [-0.2, -0.15) is 0 Å². The van der Waals surface area contributed by atoms with Gasteiger partial charge in [0.15, 0.2) is 0 Å². The van der Waals surface area contributed by atoms with Crippen molar-refractivity contribution in [2.45, 2.75) is 64.0 Å². The van der Waals surface area contributed by atoms with Crippen LogP contribution in [0.4, 0.5) is 0 Å². The van der Waals surface area contributed by atoms with Gasteiger partial charge in [-0.05, 0) is 74.3 Å². The number of rotatable bonds is 4. The van der Waals surface area contributed by atoms with Crippen molar-refractivity contribution < 1.29 is 4.79 Å². The zero-order chi connectivity index (χ0) is 16.7. The first kappa shape index (κ1) is 16.1. The molecular weight excluding hydrogens is 296 g/mol. The molecule has 0 heterocycles. The maximum absolute atomic E-state index is 13.0. The molecule has 130 valence electrons. The van der Waals surface area contributed by atoms with Crippen LogP contribution in [0.2, 0.25) is 0 Å². The third-order valence-corrected chi connectivity index (χ3v) is 6.70. The lowest BCUT2D eigenvalue weighted by atomic mass is 9.65. The molecule has 1 aromatic rings. The molecule has 1 aromatic carbocycles. The Bertz CT molecular complexity index is 596. The van der Waals surface area contributed by atoms with E-state index in [4.69, 9.17) is 5.73 Å². The number of nitrogens with one attached hydrogen (secondary N) is 1. The minimum atomic E-state index is 0.172. The van der Waals surface area contributed by atoms with Crippen molar-refractivity contribution in [3.05, 3.63) is 35.4 Å². The average Bonchev–Trinajstić information content (AvgIpc) is 3.38. The van der Waals surface area contributed by atoms with E-state index in [2.05, 4.69) is 36.5 Å². The summed E-state index contributed by atoms with van der Waals surface area (Å²) in [6, 6.07) is 9.04. The fourth-order valence-corrected chi connectivity index (χ4v) is 5.09. The Morgan fingerprint density at radius 3 is 2.42 bits per heavy atom. The number of hydrogen-bond acceptors (Lipinski definition) is 2. The van der Waals surface area contributed by atoms with Gasteiger partial charge in [-0.15, -0.1) is 0 Å². The van der Waals surface area contributed by atoms with Gasteiger partial charge in [-0.25, -0.2) is 0 Å². The summed E-state index contributed by atoms with van der Waals surface area (Å²) >= 11 is 0. The van der Waals surface area contributed by atoms with Crippen LogP contribution in [-0.4, -0.2) is 11.9 Å². The van der Waals surface area contributed by atoms with E-state index < -0.39 is 0 Å². The molecule has 3 unspecified atom stereocenters. The molecule has 3 heteroatoms. The first-order valence-corrected chi connectivity index (χ1v) is 9.75. The normalized spacial score (nSPS) is 33.8. The summed E-state index contributed by atoms with van der Waals surface area (Å²) in [6.07, 6.45) is 8.19. The molecular formula is C21H30N2O. The molecule has 3 fully saturated rings. The second-order valence-electron chi connectivity index (χ2n) is 8.38. The van der Waals surface area contributed by atoms with Crippen molar-refractivity contribution in [3.8, 4) is 0 Å². The molecule has 1 amide bonds. The van der Waals surface area contributed by atoms with Gasteiger partial charge >= 0.3 is 0 Å². The Labute approximate surface area is 145 Å². The van der Waals surface area contributed by atoms with Crippen LogP contribution in [0.5, 0.6) is 0 Å². The van der Waals surface area contributed by atoms with Gasteiger partial charge in [-0.1, -0.05) is 30.7 Å². The molecule has 0 aliphatic heterocycles. The maximum Gasteiger partial charge on any atom is 0.223 e. The number of amides is 1. The second kappa shape index (κ2) is 6.51. The van der Waals surface area contributed by atoms with Gasteiger partial charge < -0.3 is 11.1 Å². The predicted molar refractivity (Wildman–Crippen MR) is 96.3 cm³/mol. The number of fused-ring (bicyclic) bond motifs is 2. The van der Waals surface area contributed by atoms with Crippen molar-refractivity contribution in [2.24, 2.45) is 29.4 Å². The van der Waals surface area contributed by atoms with E-state index in [-0.39, 0.29) is 17.9 Å². The van der Waals surface area contributed by atoms with Crippen LogP contribution in [0.25, 0.3) is 0 Å². The van der Waals surface area contributed by atoms with E-state index in [1.54, 1.807) is 0 Å². The fraction of sp³-hybridized carbons (Fsp3) is 0.667. The van der Waals surface area contributed by atoms with Gasteiger partial charge in [-0.3, -0.25) is 4.79 Å². The molecule has 3 N–H and O–H groups in total. The van der Waals surface area contributed by atoms with Gasteiger partial charge in [0.25, 0.3) is 0 Å². The number of benzene rings is 1.